The van der Waals surface area contributed by atoms with Gasteiger partial charge in [-0.05, 0) is 12.1 Å². The van der Waals surface area contributed by atoms with Crippen molar-refractivity contribution >= 4 is 23.2 Å². The van der Waals surface area contributed by atoms with Gasteiger partial charge in [0.05, 0.1) is 11.4 Å². The molecule has 22 heavy (non-hydrogen) atoms. The van der Waals surface area contributed by atoms with Gasteiger partial charge in [-0.15, -0.1) is 0 Å². The van der Waals surface area contributed by atoms with Gasteiger partial charge in [-0.3, -0.25) is 9.59 Å². The van der Waals surface area contributed by atoms with Gasteiger partial charge in [-0.2, -0.15) is 0 Å². The fourth-order valence-electron chi connectivity index (χ4n) is 3.67. The third-order valence-corrected chi connectivity index (χ3v) is 4.63. The summed E-state index contributed by atoms with van der Waals surface area (Å²) in [6.45, 7) is 1.10. The SMILES string of the molecule is O=C1c2ccccc2C2=C3c4ccccc4C(=O)N3CCN12. The Labute approximate surface area is 127 Å². The molecule has 0 saturated heterocycles. The van der Waals surface area contributed by atoms with E-state index in [1.165, 1.54) is 0 Å². The van der Waals surface area contributed by atoms with Gasteiger partial charge in [-0.25, -0.2) is 0 Å². The molecular weight excluding hydrogens is 276 g/mol. The largest absolute Gasteiger partial charge is 0.304 e. The summed E-state index contributed by atoms with van der Waals surface area (Å²) in [5, 5.41) is 0. The summed E-state index contributed by atoms with van der Waals surface area (Å²) in [6, 6.07) is 15.3. The Hall–Kier alpha value is -2.88. The van der Waals surface area contributed by atoms with Crippen LogP contribution < -0.4 is 0 Å². The molecule has 3 aliphatic heterocycles. The second-order valence-electron chi connectivity index (χ2n) is 5.70. The molecule has 0 bridgehead atoms. The summed E-state index contributed by atoms with van der Waals surface area (Å²) < 4.78 is 0. The van der Waals surface area contributed by atoms with E-state index in [1.807, 2.05) is 58.3 Å². The van der Waals surface area contributed by atoms with E-state index in [0.29, 0.717) is 13.1 Å². The second-order valence-corrected chi connectivity index (χ2v) is 5.70. The normalized spacial score (nSPS) is 18.4. The van der Waals surface area contributed by atoms with Crippen LogP contribution in [0.5, 0.6) is 0 Å². The molecular formula is C18H12N2O2. The van der Waals surface area contributed by atoms with Crippen LogP contribution in [0.3, 0.4) is 0 Å². The lowest BCUT2D eigenvalue weighted by Crippen LogP contribution is -2.40. The molecule has 2 aromatic rings. The molecule has 0 atom stereocenters. The Morgan fingerprint density at radius 3 is 1.36 bits per heavy atom. The van der Waals surface area contributed by atoms with E-state index in [-0.39, 0.29) is 11.8 Å². The van der Waals surface area contributed by atoms with Crippen LogP contribution in [0.15, 0.2) is 48.5 Å². The van der Waals surface area contributed by atoms with Gasteiger partial charge in [0.15, 0.2) is 0 Å². The van der Waals surface area contributed by atoms with Gasteiger partial charge in [0.25, 0.3) is 11.8 Å². The highest BCUT2D eigenvalue weighted by atomic mass is 16.2. The number of amides is 2. The minimum Gasteiger partial charge on any atom is -0.304 e. The molecule has 4 heteroatoms. The molecule has 0 aliphatic carbocycles. The molecule has 0 N–H and O–H groups in total. The molecule has 5 rings (SSSR count). The molecule has 0 spiro atoms. The van der Waals surface area contributed by atoms with Crippen LogP contribution in [0.1, 0.15) is 31.8 Å². The lowest BCUT2D eigenvalue weighted by atomic mass is 10.0. The first-order valence-electron chi connectivity index (χ1n) is 7.34. The first-order chi connectivity index (χ1) is 10.8. The molecule has 0 radical (unpaired) electrons. The van der Waals surface area contributed by atoms with Gasteiger partial charge in [0, 0.05) is 35.3 Å². The van der Waals surface area contributed by atoms with Gasteiger partial charge in [0.2, 0.25) is 0 Å². The molecule has 0 unspecified atom stereocenters. The van der Waals surface area contributed by atoms with Crippen molar-refractivity contribution < 1.29 is 9.59 Å². The Bertz CT molecular complexity index is 824. The number of rotatable bonds is 0. The molecule has 2 amide bonds. The first-order valence-corrected chi connectivity index (χ1v) is 7.34. The van der Waals surface area contributed by atoms with Gasteiger partial charge < -0.3 is 9.80 Å². The summed E-state index contributed by atoms with van der Waals surface area (Å²) in [4.78, 5) is 28.8. The number of benzene rings is 2. The molecule has 2 aromatic carbocycles. The van der Waals surface area contributed by atoms with Gasteiger partial charge >= 0.3 is 0 Å². The summed E-state index contributed by atoms with van der Waals surface area (Å²) in [6.07, 6.45) is 0. The standard InChI is InChI=1S/C18H12N2O2/c21-17-13-7-3-1-5-11(13)15-16-12-6-2-4-8-14(12)18(22)20(16)10-9-19(15)17/h1-8H,9-10H2. The Morgan fingerprint density at radius 1 is 0.591 bits per heavy atom. The van der Waals surface area contributed by atoms with Crippen molar-refractivity contribution in [3.05, 3.63) is 70.8 Å². The van der Waals surface area contributed by atoms with E-state index in [4.69, 9.17) is 0 Å². The maximum absolute atomic E-state index is 12.6. The topological polar surface area (TPSA) is 40.6 Å². The Morgan fingerprint density at radius 2 is 0.955 bits per heavy atom. The highest BCUT2D eigenvalue weighted by molar-refractivity contribution is 6.20. The average Bonchev–Trinajstić information content (AvgIpc) is 3.02. The third-order valence-electron chi connectivity index (χ3n) is 4.63. The average molecular weight is 288 g/mol. The van der Waals surface area contributed by atoms with Crippen molar-refractivity contribution in [2.75, 3.05) is 13.1 Å². The molecule has 0 aromatic heterocycles. The van der Waals surface area contributed by atoms with E-state index in [0.717, 1.165) is 33.6 Å². The van der Waals surface area contributed by atoms with Crippen molar-refractivity contribution in [1.29, 1.82) is 0 Å². The summed E-state index contributed by atoms with van der Waals surface area (Å²) in [5.41, 5.74) is 5.07. The Kier molecular flexibility index (Phi) is 2.06. The maximum atomic E-state index is 12.6. The van der Waals surface area contributed by atoms with E-state index in [1.54, 1.807) is 0 Å². The number of hydrogen-bond acceptors (Lipinski definition) is 2. The monoisotopic (exact) mass is 288 g/mol. The lowest BCUT2D eigenvalue weighted by molar-refractivity contribution is 0.0774. The lowest BCUT2D eigenvalue weighted by Gasteiger charge is -2.32. The van der Waals surface area contributed by atoms with Crippen LogP contribution in [0, 0.1) is 0 Å². The zero-order valence-electron chi connectivity index (χ0n) is 11.7. The smallest absolute Gasteiger partial charge is 0.259 e. The zero-order chi connectivity index (χ0) is 14.8. The van der Waals surface area contributed by atoms with Crippen molar-refractivity contribution in [3.8, 4) is 0 Å². The molecule has 4 nitrogen and oxygen atoms in total. The quantitative estimate of drug-likeness (QED) is 0.747. The van der Waals surface area contributed by atoms with Crippen molar-refractivity contribution in [1.82, 2.24) is 9.80 Å². The molecule has 0 saturated carbocycles. The van der Waals surface area contributed by atoms with Crippen LogP contribution >= 0.6 is 0 Å². The van der Waals surface area contributed by atoms with Crippen LogP contribution in [0.25, 0.3) is 11.4 Å². The molecule has 3 heterocycles. The second kappa shape index (κ2) is 3.85. The maximum Gasteiger partial charge on any atom is 0.259 e. The highest BCUT2D eigenvalue weighted by Crippen LogP contribution is 2.45. The predicted molar refractivity (Wildman–Crippen MR) is 81.8 cm³/mol. The molecule has 0 fully saturated rings. The van der Waals surface area contributed by atoms with Crippen molar-refractivity contribution in [3.63, 3.8) is 0 Å². The number of carbonyl (C=O) groups is 2. The zero-order valence-corrected chi connectivity index (χ0v) is 11.7. The summed E-state index contributed by atoms with van der Waals surface area (Å²) in [5.74, 6) is 0.0733. The summed E-state index contributed by atoms with van der Waals surface area (Å²) in [7, 11) is 0. The van der Waals surface area contributed by atoms with Gasteiger partial charge in [0.1, 0.15) is 0 Å². The number of hydrogen-bond donors (Lipinski definition) is 0. The first kappa shape index (κ1) is 11.7. The number of fused-ring (bicyclic) bond motifs is 6. The van der Waals surface area contributed by atoms with Crippen LogP contribution in [-0.4, -0.2) is 34.7 Å². The fraction of sp³-hybridized carbons (Fsp3) is 0.111. The molecule has 3 aliphatic rings. The minimum atomic E-state index is 0.0366. The van der Waals surface area contributed by atoms with E-state index in [2.05, 4.69) is 0 Å². The molecule has 106 valence electrons. The van der Waals surface area contributed by atoms with Crippen LogP contribution in [0.4, 0.5) is 0 Å². The van der Waals surface area contributed by atoms with E-state index >= 15 is 0 Å². The fourth-order valence-corrected chi connectivity index (χ4v) is 3.67. The summed E-state index contributed by atoms with van der Waals surface area (Å²) >= 11 is 0. The number of carbonyl (C=O) groups excluding carboxylic acids is 2. The third kappa shape index (κ3) is 1.23. The minimum absolute atomic E-state index is 0.0366. The van der Waals surface area contributed by atoms with E-state index in [9.17, 15) is 9.59 Å². The number of nitrogens with zero attached hydrogens (tertiary/aromatic N) is 2. The van der Waals surface area contributed by atoms with Crippen LogP contribution in [-0.2, 0) is 0 Å². The predicted octanol–water partition coefficient (Wildman–Crippen LogP) is 2.44. The van der Waals surface area contributed by atoms with E-state index < -0.39 is 0 Å². The van der Waals surface area contributed by atoms with Crippen LogP contribution in [0.2, 0.25) is 0 Å². The van der Waals surface area contributed by atoms with Crippen molar-refractivity contribution in [2.24, 2.45) is 0 Å². The Balaban J connectivity index is 1.88. The van der Waals surface area contributed by atoms with Gasteiger partial charge in [-0.1, -0.05) is 36.4 Å². The highest BCUT2D eigenvalue weighted by Gasteiger charge is 2.44. The van der Waals surface area contributed by atoms with Crippen molar-refractivity contribution in [2.45, 2.75) is 0 Å².